The number of hydrogen-bond acceptors (Lipinski definition) is 3. The van der Waals surface area contributed by atoms with Crippen molar-refractivity contribution in [1.29, 1.82) is 0 Å². The highest BCUT2D eigenvalue weighted by molar-refractivity contribution is 5.96. The SMILES string of the molecule is CC(=O)c1ccc(NC2C3CC4CC(C3)CC2C4)c(N(Cc2ccccc2)Cc2ccccc2)c1. The van der Waals surface area contributed by atoms with Crippen LogP contribution in [0.2, 0.25) is 0 Å². The number of rotatable bonds is 8. The first-order valence-corrected chi connectivity index (χ1v) is 13.4. The molecule has 4 fully saturated rings. The minimum Gasteiger partial charge on any atom is -0.380 e. The number of anilines is 2. The van der Waals surface area contributed by atoms with Gasteiger partial charge in [-0.3, -0.25) is 4.79 Å². The van der Waals surface area contributed by atoms with E-state index in [2.05, 4.69) is 83.0 Å². The Kier molecular flexibility index (Phi) is 6.10. The standard InChI is InChI=1S/C32H36N2O/c1-22(35)27-12-13-30(33-32-28-15-25-14-26(17-28)18-29(32)16-25)31(19-27)34(20-23-8-4-2-5-9-23)21-24-10-6-3-7-11-24/h2-13,19,25-26,28-29,32-33H,14-18,20-21H2,1H3. The van der Waals surface area contributed by atoms with Gasteiger partial charge in [0.05, 0.1) is 11.4 Å². The topological polar surface area (TPSA) is 32.3 Å². The Balaban J connectivity index is 1.36. The van der Waals surface area contributed by atoms with Gasteiger partial charge in [-0.25, -0.2) is 0 Å². The van der Waals surface area contributed by atoms with Gasteiger partial charge in [0.15, 0.2) is 5.78 Å². The summed E-state index contributed by atoms with van der Waals surface area (Å²) in [5, 5.41) is 4.06. The Morgan fingerprint density at radius 2 is 1.31 bits per heavy atom. The molecule has 0 saturated heterocycles. The summed E-state index contributed by atoms with van der Waals surface area (Å²) < 4.78 is 0. The molecule has 4 bridgehead atoms. The van der Waals surface area contributed by atoms with Crippen LogP contribution in [-0.4, -0.2) is 11.8 Å². The van der Waals surface area contributed by atoms with E-state index in [1.54, 1.807) is 6.92 Å². The summed E-state index contributed by atoms with van der Waals surface area (Å²) in [6.07, 6.45) is 7.04. The number of nitrogens with zero attached hydrogens (tertiary/aromatic N) is 1. The second-order valence-corrected chi connectivity index (χ2v) is 11.2. The average Bonchev–Trinajstić information content (AvgIpc) is 2.87. The van der Waals surface area contributed by atoms with Crippen LogP contribution in [0.25, 0.3) is 0 Å². The predicted octanol–water partition coefficient (Wildman–Crippen LogP) is 7.33. The van der Waals surface area contributed by atoms with Crippen LogP contribution in [0.3, 0.4) is 0 Å². The highest BCUT2D eigenvalue weighted by atomic mass is 16.1. The number of carbonyl (C=O) groups excluding carboxylic acids is 1. The molecule has 35 heavy (non-hydrogen) atoms. The lowest BCUT2D eigenvalue weighted by molar-refractivity contribution is 0.00755. The summed E-state index contributed by atoms with van der Waals surface area (Å²) in [4.78, 5) is 14.8. The minimum absolute atomic E-state index is 0.117. The van der Waals surface area contributed by atoms with Crippen molar-refractivity contribution < 1.29 is 4.79 Å². The molecule has 4 aliphatic rings. The molecule has 7 rings (SSSR count). The van der Waals surface area contributed by atoms with Crippen LogP contribution in [0, 0.1) is 23.7 Å². The van der Waals surface area contributed by atoms with Crippen molar-refractivity contribution in [3.8, 4) is 0 Å². The van der Waals surface area contributed by atoms with Crippen molar-refractivity contribution in [1.82, 2.24) is 0 Å². The van der Waals surface area contributed by atoms with Crippen molar-refractivity contribution in [2.24, 2.45) is 23.7 Å². The smallest absolute Gasteiger partial charge is 0.159 e. The normalized spacial score (nSPS) is 26.5. The number of nitrogens with one attached hydrogen (secondary N) is 1. The zero-order valence-electron chi connectivity index (χ0n) is 20.7. The molecule has 180 valence electrons. The van der Waals surface area contributed by atoms with Gasteiger partial charge in [0, 0.05) is 24.7 Å². The van der Waals surface area contributed by atoms with Gasteiger partial charge in [-0.05, 0) is 92.0 Å². The second-order valence-electron chi connectivity index (χ2n) is 11.2. The van der Waals surface area contributed by atoms with E-state index < -0.39 is 0 Å². The van der Waals surface area contributed by atoms with Gasteiger partial charge in [-0.1, -0.05) is 60.7 Å². The van der Waals surface area contributed by atoms with Gasteiger partial charge >= 0.3 is 0 Å². The number of carbonyl (C=O) groups is 1. The van der Waals surface area contributed by atoms with E-state index in [1.165, 1.54) is 48.9 Å². The minimum atomic E-state index is 0.117. The molecule has 3 heteroatoms. The summed E-state index contributed by atoms with van der Waals surface area (Å²) >= 11 is 0. The molecule has 0 heterocycles. The molecule has 4 aliphatic carbocycles. The van der Waals surface area contributed by atoms with Crippen molar-refractivity contribution >= 4 is 17.2 Å². The summed E-state index contributed by atoms with van der Waals surface area (Å²) in [7, 11) is 0. The fourth-order valence-corrected chi connectivity index (χ4v) is 7.31. The lowest BCUT2D eigenvalue weighted by Crippen LogP contribution is -2.51. The van der Waals surface area contributed by atoms with Crippen molar-refractivity contribution in [3.63, 3.8) is 0 Å². The third-order valence-corrected chi connectivity index (χ3v) is 8.73. The van der Waals surface area contributed by atoms with Gasteiger partial charge in [0.2, 0.25) is 0 Å². The van der Waals surface area contributed by atoms with Crippen LogP contribution < -0.4 is 10.2 Å². The van der Waals surface area contributed by atoms with Gasteiger partial charge in [-0.2, -0.15) is 0 Å². The number of Topliss-reactive ketones (excluding diaryl/α,β-unsaturated/α-hetero) is 1. The van der Waals surface area contributed by atoms with E-state index in [4.69, 9.17) is 0 Å². The van der Waals surface area contributed by atoms with E-state index >= 15 is 0 Å². The largest absolute Gasteiger partial charge is 0.380 e. The molecule has 3 aromatic carbocycles. The van der Waals surface area contributed by atoms with E-state index in [-0.39, 0.29) is 5.78 Å². The van der Waals surface area contributed by atoms with Gasteiger partial charge in [0.25, 0.3) is 0 Å². The van der Waals surface area contributed by atoms with E-state index in [0.29, 0.717) is 6.04 Å². The molecule has 1 N–H and O–H groups in total. The van der Waals surface area contributed by atoms with Gasteiger partial charge in [0.1, 0.15) is 0 Å². The summed E-state index contributed by atoms with van der Waals surface area (Å²) in [6.45, 7) is 3.27. The fraction of sp³-hybridized carbons (Fsp3) is 0.406. The highest BCUT2D eigenvalue weighted by Crippen LogP contribution is 2.54. The number of benzene rings is 3. The number of ketones is 1. The van der Waals surface area contributed by atoms with Crippen LogP contribution in [0.4, 0.5) is 11.4 Å². The lowest BCUT2D eigenvalue weighted by Gasteiger charge is -2.54. The van der Waals surface area contributed by atoms with Crippen molar-refractivity contribution in [2.75, 3.05) is 10.2 Å². The summed E-state index contributed by atoms with van der Waals surface area (Å²) in [6, 6.07) is 28.2. The summed E-state index contributed by atoms with van der Waals surface area (Å²) in [5.41, 5.74) is 5.65. The molecule has 0 unspecified atom stereocenters. The Hall–Kier alpha value is -3.07. The molecule has 0 spiro atoms. The Bertz CT molecular complexity index is 1100. The molecule has 4 saturated carbocycles. The van der Waals surface area contributed by atoms with E-state index in [1.807, 2.05) is 6.07 Å². The van der Waals surface area contributed by atoms with Crippen LogP contribution in [0.5, 0.6) is 0 Å². The molecule has 3 aromatic rings. The molecule has 0 aliphatic heterocycles. The molecule has 0 radical (unpaired) electrons. The first-order valence-electron chi connectivity index (χ1n) is 13.4. The monoisotopic (exact) mass is 464 g/mol. The molecular formula is C32H36N2O. The first-order chi connectivity index (χ1) is 17.1. The zero-order valence-corrected chi connectivity index (χ0v) is 20.7. The molecular weight excluding hydrogens is 428 g/mol. The first kappa shape index (κ1) is 22.4. The van der Waals surface area contributed by atoms with Crippen LogP contribution in [-0.2, 0) is 13.1 Å². The second kappa shape index (κ2) is 9.53. The fourth-order valence-electron chi connectivity index (χ4n) is 7.31. The van der Waals surface area contributed by atoms with E-state index in [0.717, 1.165) is 48.0 Å². The van der Waals surface area contributed by atoms with Crippen LogP contribution in [0.1, 0.15) is 60.5 Å². The van der Waals surface area contributed by atoms with Crippen LogP contribution >= 0.6 is 0 Å². The molecule has 0 atom stereocenters. The quantitative estimate of drug-likeness (QED) is 0.354. The Morgan fingerprint density at radius 3 is 1.83 bits per heavy atom. The van der Waals surface area contributed by atoms with Crippen molar-refractivity contribution in [3.05, 3.63) is 95.6 Å². The Labute approximate surface area is 209 Å². The average molecular weight is 465 g/mol. The van der Waals surface area contributed by atoms with E-state index in [9.17, 15) is 4.79 Å². The van der Waals surface area contributed by atoms with Gasteiger partial charge in [-0.15, -0.1) is 0 Å². The maximum absolute atomic E-state index is 12.4. The maximum Gasteiger partial charge on any atom is 0.159 e. The predicted molar refractivity (Wildman–Crippen MR) is 144 cm³/mol. The zero-order chi connectivity index (χ0) is 23.8. The molecule has 0 aromatic heterocycles. The lowest BCUT2D eigenvalue weighted by atomic mass is 9.54. The number of hydrogen-bond donors (Lipinski definition) is 1. The van der Waals surface area contributed by atoms with Crippen molar-refractivity contribution in [2.45, 2.75) is 58.2 Å². The third-order valence-electron chi connectivity index (χ3n) is 8.73. The highest BCUT2D eigenvalue weighted by Gasteiger charge is 2.48. The Morgan fingerprint density at radius 1 is 0.771 bits per heavy atom. The van der Waals surface area contributed by atoms with Gasteiger partial charge < -0.3 is 10.2 Å². The summed E-state index contributed by atoms with van der Waals surface area (Å²) in [5.74, 6) is 3.63. The third kappa shape index (κ3) is 4.74. The van der Waals surface area contributed by atoms with Crippen LogP contribution in [0.15, 0.2) is 78.9 Å². The maximum atomic E-state index is 12.4. The molecule has 0 amide bonds. The molecule has 3 nitrogen and oxygen atoms in total.